The molecule has 1 amide bonds. The van der Waals surface area contributed by atoms with E-state index in [2.05, 4.69) is 46.3 Å². The maximum Gasteiger partial charge on any atom is 0.234 e. The first-order chi connectivity index (χ1) is 11.1. The Bertz CT molecular complexity index is 533. The van der Waals surface area contributed by atoms with Crippen LogP contribution in [0.4, 0.5) is 0 Å². The molecule has 1 N–H and O–H groups in total. The Morgan fingerprint density at radius 3 is 2.57 bits per heavy atom. The second kappa shape index (κ2) is 7.45. The molecule has 23 heavy (non-hydrogen) atoms. The number of hydrogen-bond donors (Lipinski definition) is 1. The van der Waals surface area contributed by atoms with Crippen LogP contribution in [-0.2, 0) is 11.3 Å². The van der Waals surface area contributed by atoms with Crippen LogP contribution in [0.5, 0.6) is 0 Å². The Hall–Kier alpha value is -1.39. The van der Waals surface area contributed by atoms with Crippen LogP contribution in [0.3, 0.4) is 0 Å². The lowest BCUT2D eigenvalue weighted by Gasteiger charge is -2.32. The zero-order valence-electron chi connectivity index (χ0n) is 14.4. The summed E-state index contributed by atoms with van der Waals surface area (Å²) in [7, 11) is 2.02. The molecule has 4 heteroatoms. The van der Waals surface area contributed by atoms with Gasteiger partial charge in [-0.05, 0) is 50.8 Å². The van der Waals surface area contributed by atoms with Crippen molar-refractivity contribution in [2.75, 3.05) is 26.7 Å². The molecule has 0 bridgehead atoms. The van der Waals surface area contributed by atoms with Gasteiger partial charge in [-0.1, -0.05) is 24.3 Å². The van der Waals surface area contributed by atoms with Gasteiger partial charge < -0.3 is 10.2 Å². The molecule has 0 aromatic heterocycles. The summed E-state index contributed by atoms with van der Waals surface area (Å²) in [5.74, 6) is 0.158. The zero-order valence-corrected chi connectivity index (χ0v) is 14.4. The first-order valence-electron chi connectivity index (χ1n) is 8.88. The monoisotopic (exact) mass is 315 g/mol. The number of hydrogen-bond acceptors (Lipinski definition) is 3. The van der Waals surface area contributed by atoms with Crippen LogP contribution in [0.15, 0.2) is 24.3 Å². The van der Waals surface area contributed by atoms with Gasteiger partial charge in [-0.3, -0.25) is 9.69 Å². The lowest BCUT2D eigenvalue weighted by atomic mass is 10.0. The normalized spacial score (nSPS) is 20.0. The molecule has 1 saturated heterocycles. The number of nitrogens with zero attached hydrogens (tertiary/aromatic N) is 2. The molecule has 1 aromatic carbocycles. The van der Waals surface area contributed by atoms with E-state index < -0.39 is 0 Å². The lowest BCUT2D eigenvalue weighted by Crippen LogP contribution is -2.47. The summed E-state index contributed by atoms with van der Waals surface area (Å²) in [6, 6.07) is 9.59. The van der Waals surface area contributed by atoms with Crippen molar-refractivity contribution in [1.82, 2.24) is 15.1 Å². The highest BCUT2D eigenvalue weighted by Crippen LogP contribution is 2.29. The highest BCUT2D eigenvalue weighted by Gasteiger charge is 2.32. The van der Waals surface area contributed by atoms with Gasteiger partial charge in [-0.2, -0.15) is 0 Å². The van der Waals surface area contributed by atoms with E-state index in [1.807, 2.05) is 7.05 Å². The second-order valence-corrected chi connectivity index (χ2v) is 7.21. The van der Waals surface area contributed by atoms with Gasteiger partial charge in [0, 0.05) is 31.7 Å². The van der Waals surface area contributed by atoms with Gasteiger partial charge in [0.05, 0.1) is 6.54 Å². The van der Waals surface area contributed by atoms with Crippen LogP contribution in [-0.4, -0.2) is 54.5 Å². The Morgan fingerprint density at radius 2 is 1.91 bits per heavy atom. The molecule has 2 aliphatic rings. The number of likely N-dealkylation sites (N-methyl/N-ethyl adjacent to an activating group) is 1. The SMILES string of the molecule is Cc1ccccc1CN(C)CC(=O)NC1CCN(C2CC2)CC1. The van der Waals surface area contributed by atoms with Crippen molar-refractivity contribution in [3.8, 4) is 0 Å². The average Bonchev–Trinajstić information content (AvgIpc) is 3.35. The van der Waals surface area contributed by atoms with E-state index in [-0.39, 0.29) is 5.91 Å². The topological polar surface area (TPSA) is 35.6 Å². The third-order valence-corrected chi connectivity index (χ3v) is 5.07. The molecule has 1 aromatic rings. The van der Waals surface area contributed by atoms with E-state index in [0.29, 0.717) is 12.6 Å². The van der Waals surface area contributed by atoms with Crippen molar-refractivity contribution in [1.29, 1.82) is 0 Å². The van der Waals surface area contributed by atoms with Crippen molar-refractivity contribution >= 4 is 5.91 Å². The number of amides is 1. The summed E-state index contributed by atoms with van der Waals surface area (Å²) >= 11 is 0. The van der Waals surface area contributed by atoms with Crippen LogP contribution >= 0.6 is 0 Å². The molecule has 0 unspecified atom stereocenters. The van der Waals surface area contributed by atoms with Crippen molar-refractivity contribution in [3.63, 3.8) is 0 Å². The number of rotatable bonds is 6. The molecule has 2 fully saturated rings. The minimum Gasteiger partial charge on any atom is -0.352 e. The summed E-state index contributed by atoms with van der Waals surface area (Å²) in [6.07, 6.45) is 4.95. The van der Waals surface area contributed by atoms with Crippen LogP contribution in [0.2, 0.25) is 0 Å². The maximum absolute atomic E-state index is 12.3. The van der Waals surface area contributed by atoms with E-state index >= 15 is 0 Å². The summed E-state index contributed by atoms with van der Waals surface area (Å²) in [6.45, 7) is 5.71. The van der Waals surface area contributed by atoms with E-state index in [0.717, 1.165) is 38.5 Å². The minimum absolute atomic E-state index is 0.158. The fraction of sp³-hybridized carbons (Fsp3) is 0.632. The number of aryl methyl sites for hydroxylation is 1. The third kappa shape index (κ3) is 4.79. The number of benzene rings is 1. The maximum atomic E-state index is 12.3. The van der Waals surface area contributed by atoms with E-state index in [4.69, 9.17) is 0 Å². The predicted octanol–water partition coefficient (Wildman–Crippen LogP) is 2.17. The fourth-order valence-corrected chi connectivity index (χ4v) is 3.50. The first-order valence-corrected chi connectivity index (χ1v) is 8.88. The van der Waals surface area contributed by atoms with Crippen LogP contribution < -0.4 is 5.32 Å². The van der Waals surface area contributed by atoms with Gasteiger partial charge in [0.25, 0.3) is 0 Å². The number of carbonyl (C=O) groups excluding carboxylic acids is 1. The molecule has 0 spiro atoms. The smallest absolute Gasteiger partial charge is 0.234 e. The highest BCUT2D eigenvalue weighted by molar-refractivity contribution is 5.78. The quantitative estimate of drug-likeness (QED) is 0.874. The van der Waals surface area contributed by atoms with Crippen LogP contribution in [0, 0.1) is 6.92 Å². The van der Waals surface area contributed by atoms with E-state index in [1.165, 1.54) is 24.0 Å². The Kier molecular flexibility index (Phi) is 5.34. The predicted molar refractivity (Wildman–Crippen MR) is 93.3 cm³/mol. The van der Waals surface area contributed by atoms with Crippen molar-refractivity contribution in [3.05, 3.63) is 35.4 Å². The highest BCUT2D eigenvalue weighted by atomic mass is 16.2. The lowest BCUT2D eigenvalue weighted by molar-refractivity contribution is -0.123. The van der Waals surface area contributed by atoms with Gasteiger partial charge in [-0.15, -0.1) is 0 Å². The molecule has 1 saturated carbocycles. The summed E-state index contributed by atoms with van der Waals surface area (Å²) in [4.78, 5) is 16.9. The molecule has 1 heterocycles. The number of nitrogens with one attached hydrogen (secondary N) is 1. The Labute approximate surface area is 139 Å². The Morgan fingerprint density at radius 1 is 1.22 bits per heavy atom. The van der Waals surface area contributed by atoms with Crippen molar-refractivity contribution < 1.29 is 4.79 Å². The molecular formula is C19H29N3O. The molecule has 4 nitrogen and oxygen atoms in total. The summed E-state index contributed by atoms with van der Waals surface area (Å²) < 4.78 is 0. The number of piperidine rings is 1. The second-order valence-electron chi connectivity index (χ2n) is 7.21. The first kappa shape index (κ1) is 16.5. The zero-order chi connectivity index (χ0) is 16.2. The third-order valence-electron chi connectivity index (χ3n) is 5.07. The molecule has 1 aliphatic heterocycles. The van der Waals surface area contributed by atoms with Crippen molar-refractivity contribution in [2.45, 2.75) is 51.2 Å². The van der Waals surface area contributed by atoms with Crippen LogP contribution in [0.25, 0.3) is 0 Å². The average molecular weight is 315 g/mol. The largest absolute Gasteiger partial charge is 0.352 e. The van der Waals surface area contributed by atoms with Gasteiger partial charge in [0.2, 0.25) is 5.91 Å². The van der Waals surface area contributed by atoms with Crippen molar-refractivity contribution in [2.24, 2.45) is 0 Å². The van der Waals surface area contributed by atoms with Gasteiger partial charge in [0.15, 0.2) is 0 Å². The molecule has 0 atom stereocenters. The summed E-state index contributed by atoms with van der Waals surface area (Å²) in [5, 5.41) is 3.22. The number of likely N-dealkylation sites (tertiary alicyclic amines) is 1. The minimum atomic E-state index is 0.158. The van der Waals surface area contributed by atoms with E-state index in [1.54, 1.807) is 0 Å². The van der Waals surface area contributed by atoms with Gasteiger partial charge in [0.1, 0.15) is 0 Å². The van der Waals surface area contributed by atoms with Crippen LogP contribution in [0.1, 0.15) is 36.8 Å². The number of carbonyl (C=O) groups is 1. The standard InChI is InChI=1S/C19H29N3O/c1-15-5-3-4-6-16(15)13-21(2)14-19(23)20-17-9-11-22(12-10-17)18-7-8-18/h3-6,17-18H,7-14H2,1-2H3,(H,20,23). The Balaban J connectivity index is 1.39. The molecule has 3 rings (SSSR count). The van der Waals surface area contributed by atoms with Gasteiger partial charge >= 0.3 is 0 Å². The summed E-state index contributed by atoms with van der Waals surface area (Å²) in [5.41, 5.74) is 2.58. The molecule has 126 valence electrons. The molecular weight excluding hydrogens is 286 g/mol. The molecule has 1 aliphatic carbocycles. The molecule has 0 radical (unpaired) electrons. The fourth-order valence-electron chi connectivity index (χ4n) is 3.50. The van der Waals surface area contributed by atoms with Gasteiger partial charge in [-0.25, -0.2) is 0 Å². The van der Waals surface area contributed by atoms with E-state index in [9.17, 15) is 4.79 Å².